The van der Waals surface area contributed by atoms with Crippen molar-refractivity contribution in [3.8, 4) is 0 Å². The molecule has 1 N–H and O–H groups in total. The Labute approximate surface area is 92.9 Å². The Kier molecular flexibility index (Phi) is 2.95. The molecule has 0 unspecified atom stereocenters. The summed E-state index contributed by atoms with van der Waals surface area (Å²) in [5, 5.41) is 9.63. The number of alkyl halides is 2. The van der Waals surface area contributed by atoms with Gasteiger partial charge in [-0.3, -0.25) is 0 Å². The second kappa shape index (κ2) is 4.11. The van der Waals surface area contributed by atoms with Gasteiger partial charge in [0.25, 0.3) is 5.92 Å². The van der Waals surface area contributed by atoms with Crippen LogP contribution in [0.15, 0.2) is 18.2 Å². The minimum atomic E-state index is -2.98. The summed E-state index contributed by atoms with van der Waals surface area (Å²) in [6.07, 6.45) is 0.426. The van der Waals surface area contributed by atoms with E-state index in [1.165, 1.54) is 13.2 Å². The Morgan fingerprint density at radius 3 is 2.94 bits per heavy atom. The molecule has 0 aromatic heterocycles. The summed E-state index contributed by atoms with van der Waals surface area (Å²) in [7, 11) is 1.26. The lowest BCUT2D eigenvalue weighted by Gasteiger charge is -2.19. The van der Waals surface area contributed by atoms with E-state index in [9.17, 15) is 13.9 Å². The van der Waals surface area contributed by atoms with Crippen LogP contribution in [0.4, 0.5) is 8.78 Å². The van der Waals surface area contributed by atoms with E-state index in [2.05, 4.69) is 4.74 Å². The van der Waals surface area contributed by atoms with E-state index in [1.54, 1.807) is 12.1 Å². The highest BCUT2D eigenvalue weighted by Gasteiger charge is 2.36. The molecule has 0 saturated carbocycles. The molecule has 1 atom stereocenters. The highest BCUT2D eigenvalue weighted by Crippen LogP contribution is 2.39. The Hall–Kier alpha value is -1.00. The van der Waals surface area contributed by atoms with Crippen LogP contribution in [0.3, 0.4) is 0 Å². The van der Waals surface area contributed by atoms with Crippen LogP contribution in [-0.4, -0.2) is 18.8 Å². The Balaban J connectivity index is 2.43. The SMILES string of the molecule is COCC(F)(F)c1cccc2c1CC[C@@H]2O. The number of hydrogen-bond acceptors (Lipinski definition) is 2. The van der Waals surface area contributed by atoms with E-state index < -0.39 is 18.6 Å². The van der Waals surface area contributed by atoms with Crippen molar-refractivity contribution in [2.45, 2.75) is 24.9 Å². The molecule has 1 aliphatic carbocycles. The predicted molar refractivity (Wildman–Crippen MR) is 55.5 cm³/mol. The fourth-order valence-corrected chi connectivity index (χ4v) is 2.23. The second-order valence-corrected chi connectivity index (χ2v) is 4.07. The van der Waals surface area contributed by atoms with E-state index >= 15 is 0 Å². The maximum Gasteiger partial charge on any atom is 0.296 e. The summed E-state index contributed by atoms with van der Waals surface area (Å²) in [5.41, 5.74) is 1.20. The van der Waals surface area contributed by atoms with Crippen molar-refractivity contribution in [2.75, 3.05) is 13.7 Å². The van der Waals surface area contributed by atoms with E-state index in [4.69, 9.17) is 0 Å². The molecule has 0 saturated heterocycles. The average Bonchev–Trinajstić information content (AvgIpc) is 2.60. The van der Waals surface area contributed by atoms with Crippen molar-refractivity contribution in [1.82, 2.24) is 0 Å². The van der Waals surface area contributed by atoms with Gasteiger partial charge >= 0.3 is 0 Å². The fourth-order valence-electron chi connectivity index (χ4n) is 2.23. The monoisotopic (exact) mass is 228 g/mol. The fraction of sp³-hybridized carbons (Fsp3) is 0.500. The highest BCUT2D eigenvalue weighted by atomic mass is 19.3. The summed E-state index contributed by atoms with van der Waals surface area (Å²) < 4.78 is 32.0. The molecule has 0 fully saturated rings. The first-order valence-corrected chi connectivity index (χ1v) is 5.23. The first-order chi connectivity index (χ1) is 7.56. The maximum atomic E-state index is 13.7. The molecule has 1 aromatic carbocycles. The number of rotatable bonds is 3. The van der Waals surface area contributed by atoms with Gasteiger partial charge in [-0.15, -0.1) is 0 Å². The van der Waals surface area contributed by atoms with Crippen LogP contribution in [0.2, 0.25) is 0 Å². The quantitative estimate of drug-likeness (QED) is 0.860. The number of methoxy groups -OCH3 is 1. The third-order valence-electron chi connectivity index (χ3n) is 2.96. The number of ether oxygens (including phenoxy) is 1. The molecule has 16 heavy (non-hydrogen) atoms. The van der Waals surface area contributed by atoms with Crippen molar-refractivity contribution in [2.24, 2.45) is 0 Å². The Morgan fingerprint density at radius 1 is 1.50 bits per heavy atom. The number of benzene rings is 1. The van der Waals surface area contributed by atoms with Crippen LogP contribution in [0.1, 0.15) is 29.2 Å². The molecule has 4 heteroatoms. The largest absolute Gasteiger partial charge is 0.388 e. The number of halogens is 2. The van der Waals surface area contributed by atoms with E-state index in [0.29, 0.717) is 24.0 Å². The van der Waals surface area contributed by atoms with Gasteiger partial charge in [-0.25, -0.2) is 0 Å². The van der Waals surface area contributed by atoms with Crippen LogP contribution < -0.4 is 0 Å². The van der Waals surface area contributed by atoms with Crippen LogP contribution in [0, 0.1) is 0 Å². The van der Waals surface area contributed by atoms with Crippen molar-refractivity contribution >= 4 is 0 Å². The molecule has 1 aliphatic rings. The van der Waals surface area contributed by atoms with Gasteiger partial charge in [-0.2, -0.15) is 8.78 Å². The van der Waals surface area contributed by atoms with Crippen LogP contribution in [0.25, 0.3) is 0 Å². The zero-order valence-corrected chi connectivity index (χ0v) is 9.04. The highest BCUT2D eigenvalue weighted by molar-refractivity contribution is 5.42. The minimum absolute atomic E-state index is 0.0107. The van der Waals surface area contributed by atoms with Gasteiger partial charge in [-0.1, -0.05) is 18.2 Å². The molecular weight excluding hydrogens is 214 g/mol. The third-order valence-corrected chi connectivity index (χ3v) is 2.96. The Bertz CT molecular complexity index is 391. The summed E-state index contributed by atoms with van der Waals surface area (Å²) in [4.78, 5) is 0. The molecule has 0 radical (unpaired) electrons. The number of aliphatic hydroxyl groups excluding tert-OH is 1. The molecule has 0 spiro atoms. The van der Waals surface area contributed by atoms with Gasteiger partial charge in [0.05, 0.1) is 6.10 Å². The van der Waals surface area contributed by atoms with Crippen molar-refractivity contribution in [3.05, 3.63) is 34.9 Å². The third kappa shape index (κ3) is 1.83. The lowest BCUT2D eigenvalue weighted by Crippen LogP contribution is -2.22. The molecular formula is C12H14F2O2. The maximum absolute atomic E-state index is 13.7. The predicted octanol–water partition coefficient (Wildman–Crippen LogP) is 2.40. The van der Waals surface area contributed by atoms with E-state index in [-0.39, 0.29) is 5.56 Å². The molecule has 2 rings (SSSR count). The van der Waals surface area contributed by atoms with Gasteiger partial charge in [0.1, 0.15) is 6.61 Å². The number of fused-ring (bicyclic) bond motifs is 1. The Morgan fingerprint density at radius 2 is 2.25 bits per heavy atom. The zero-order chi connectivity index (χ0) is 11.8. The van der Waals surface area contributed by atoms with Gasteiger partial charge in [0.2, 0.25) is 0 Å². The number of hydrogen-bond donors (Lipinski definition) is 1. The molecule has 88 valence electrons. The van der Waals surface area contributed by atoms with Crippen LogP contribution in [0.5, 0.6) is 0 Å². The molecule has 0 aliphatic heterocycles. The van der Waals surface area contributed by atoms with Gasteiger partial charge in [-0.05, 0) is 24.0 Å². The van der Waals surface area contributed by atoms with Crippen molar-refractivity contribution in [1.29, 1.82) is 0 Å². The first-order valence-electron chi connectivity index (χ1n) is 5.23. The van der Waals surface area contributed by atoms with Crippen LogP contribution >= 0.6 is 0 Å². The molecule has 0 amide bonds. The average molecular weight is 228 g/mol. The minimum Gasteiger partial charge on any atom is -0.388 e. The smallest absolute Gasteiger partial charge is 0.296 e. The normalized spacial score (nSPS) is 19.9. The first kappa shape index (κ1) is 11.5. The lowest BCUT2D eigenvalue weighted by atomic mass is 9.98. The summed E-state index contributed by atoms with van der Waals surface area (Å²) >= 11 is 0. The van der Waals surface area contributed by atoms with Gasteiger partial charge < -0.3 is 9.84 Å². The van der Waals surface area contributed by atoms with Crippen molar-refractivity contribution in [3.63, 3.8) is 0 Å². The molecule has 0 heterocycles. The second-order valence-electron chi connectivity index (χ2n) is 4.07. The van der Waals surface area contributed by atoms with Gasteiger partial charge in [0, 0.05) is 12.7 Å². The van der Waals surface area contributed by atoms with Crippen LogP contribution in [-0.2, 0) is 17.1 Å². The summed E-state index contributed by atoms with van der Waals surface area (Å²) in [6, 6.07) is 4.68. The molecule has 1 aromatic rings. The van der Waals surface area contributed by atoms with Crippen molar-refractivity contribution < 1.29 is 18.6 Å². The zero-order valence-electron chi connectivity index (χ0n) is 9.04. The molecule has 2 nitrogen and oxygen atoms in total. The molecule has 0 bridgehead atoms. The van der Waals surface area contributed by atoms with E-state index in [0.717, 1.165) is 0 Å². The number of aliphatic hydroxyl groups is 1. The standard InChI is InChI=1S/C12H14F2O2/c1-16-7-12(13,14)10-4-2-3-9-8(10)5-6-11(9)15/h2-4,11,15H,5-7H2,1H3/t11-/m0/s1. The topological polar surface area (TPSA) is 29.5 Å². The summed E-state index contributed by atoms with van der Waals surface area (Å²) in [6.45, 7) is -0.625. The summed E-state index contributed by atoms with van der Waals surface area (Å²) in [5.74, 6) is -2.98. The lowest BCUT2D eigenvalue weighted by molar-refractivity contribution is -0.0703. The van der Waals surface area contributed by atoms with E-state index in [1.807, 2.05) is 0 Å². The van der Waals surface area contributed by atoms with Gasteiger partial charge in [0.15, 0.2) is 0 Å².